The maximum atomic E-state index is 5.69. The first-order chi connectivity index (χ1) is 13.3. The van der Waals surface area contributed by atoms with Gasteiger partial charge in [0.2, 0.25) is 5.89 Å². The van der Waals surface area contributed by atoms with Crippen LogP contribution in [0.3, 0.4) is 0 Å². The van der Waals surface area contributed by atoms with Crippen molar-refractivity contribution in [2.75, 3.05) is 20.2 Å². The number of hydrogen-bond donors (Lipinski definition) is 0. The summed E-state index contributed by atoms with van der Waals surface area (Å²) in [5.74, 6) is 2.30. The van der Waals surface area contributed by atoms with Crippen molar-refractivity contribution in [1.29, 1.82) is 0 Å². The fraction of sp³-hybridized carbons (Fsp3) is 0.348. The average Bonchev–Trinajstić information content (AvgIpc) is 3.19. The highest BCUT2D eigenvalue weighted by Gasteiger charge is 2.20. The number of oxazole rings is 1. The minimum atomic E-state index is 0.673. The summed E-state index contributed by atoms with van der Waals surface area (Å²) >= 11 is 0. The lowest BCUT2D eigenvalue weighted by Gasteiger charge is -2.31. The van der Waals surface area contributed by atoms with Crippen molar-refractivity contribution in [2.45, 2.75) is 25.8 Å². The van der Waals surface area contributed by atoms with Gasteiger partial charge in [0.25, 0.3) is 0 Å². The standard InChI is InChI=1S/C23H26N2O2/c1-26-22-9-7-20(8-10-22)23-24-21(17-27-23)16-25-13-11-19(12-14-25)15-18-5-3-2-4-6-18/h2-10,17,19H,11-16H2,1H3. The molecule has 0 atom stereocenters. The summed E-state index contributed by atoms with van der Waals surface area (Å²) < 4.78 is 10.9. The Hall–Kier alpha value is -2.59. The van der Waals surface area contributed by atoms with Gasteiger partial charge in [0.05, 0.1) is 12.8 Å². The molecule has 4 nitrogen and oxygen atoms in total. The Morgan fingerprint density at radius 2 is 1.78 bits per heavy atom. The van der Waals surface area contributed by atoms with E-state index in [-0.39, 0.29) is 0 Å². The van der Waals surface area contributed by atoms with E-state index in [9.17, 15) is 0 Å². The molecule has 0 radical (unpaired) electrons. The van der Waals surface area contributed by atoms with Crippen molar-refractivity contribution >= 4 is 0 Å². The van der Waals surface area contributed by atoms with E-state index < -0.39 is 0 Å². The maximum absolute atomic E-state index is 5.69. The first-order valence-corrected chi connectivity index (χ1v) is 9.65. The van der Waals surface area contributed by atoms with E-state index in [4.69, 9.17) is 9.15 Å². The molecule has 2 heterocycles. The van der Waals surface area contributed by atoms with Crippen LogP contribution in [0.15, 0.2) is 65.3 Å². The number of rotatable bonds is 6. The molecule has 1 fully saturated rings. The number of likely N-dealkylation sites (tertiary alicyclic amines) is 1. The van der Waals surface area contributed by atoms with Gasteiger partial charge in [-0.1, -0.05) is 30.3 Å². The Kier molecular flexibility index (Phi) is 5.54. The van der Waals surface area contributed by atoms with Crippen molar-refractivity contribution in [2.24, 2.45) is 5.92 Å². The van der Waals surface area contributed by atoms with E-state index in [1.165, 1.54) is 24.8 Å². The van der Waals surface area contributed by atoms with Crippen LogP contribution in [0.4, 0.5) is 0 Å². The van der Waals surface area contributed by atoms with E-state index in [1.807, 2.05) is 24.3 Å². The van der Waals surface area contributed by atoms with E-state index in [0.717, 1.165) is 42.6 Å². The minimum Gasteiger partial charge on any atom is -0.497 e. The van der Waals surface area contributed by atoms with Gasteiger partial charge in [0.1, 0.15) is 12.0 Å². The van der Waals surface area contributed by atoms with Gasteiger partial charge in [-0.15, -0.1) is 0 Å². The molecule has 1 aromatic heterocycles. The van der Waals surface area contributed by atoms with Crippen LogP contribution in [0, 0.1) is 5.92 Å². The summed E-state index contributed by atoms with van der Waals surface area (Å²) in [6.45, 7) is 3.11. The highest BCUT2D eigenvalue weighted by atomic mass is 16.5. The summed E-state index contributed by atoms with van der Waals surface area (Å²) in [5.41, 5.74) is 3.43. The summed E-state index contributed by atoms with van der Waals surface area (Å²) in [4.78, 5) is 7.15. The summed E-state index contributed by atoms with van der Waals surface area (Å²) in [6, 6.07) is 18.6. The van der Waals surface area contributed by atoms with Gasteiger partial charge in [-0.3, -0.25) is 4.90 Å². The minimum absolute atomic E-state index is 0.673. The smallest absolute Gasteiger partial charge is 0.226 e. The second kappa shape index (κ2) is 8.40. The molecule has 4 rings (SSSR count). The van der Waals surface area contributed by atoms with Crippen molar-refractivity contribution in [3.63, 3.8) is 0 Å². The molecule has 0 bridgehead atoms. The SMILES string of the molecule is COc1ccc(-c2nc(CN3CCC(Cc4ccccc4)CC3)co2)cc1. The molecular formula is C23H26N2O2. The molecule has 1 saturated heterocycles. The van der Waals surface area contributed by atoms with Crippen LogP contribution in [0.2, 0.25) is 0 Å². The van der Waals surface area contributed by atoms with Crippen LogP contribution in [0.1, 0.15) is 24.1 Å². The van der Waals surface area contributed by atoms with Crippen LogP contribution in [-0.4, -0.2) is 30.1 Å². The third kappa shape index (κ3) is 4.58. The number of hydrogen-bond acceptors (Lipinski definition) is 4. The molecule has 2 aromatic carbocycles. The molecule has 4 heteroatoms. The molecule has 27 heavy (non-hydrogen) atoms. The zero-order valence-corrected chi connectivity index (χ0v) is 15.8. The molecule has 0 unspecified atom stereocenters. The number of ether oxygens (including phenoxy) is 1. The zero-order valence-electron chi connectivity index (χ0n) is 15.8. The summed E-state index contributed by atoms with van der Waals surface area (Å²) in [6.07, 6.45) is 5.48. The highest BCUT2D eigenvalue weighted by Crippen LogP contribution is 2.25. The Morgan fingerprint density at radius 1 is 1.04 bits per heavy atom. The van der Waals surface area contributed by atoms with Crippen LogP contribution in [0.5, 0.6) is 5.75 Å². The largest absolute Gasteiger partial charge is 0.497 e. The number of benzene rings is 2. The Bertz CT molecular complexity index is 834. The van der Waals surface area contributed by atoms with Crippen LogP contribution in [0.25, 0.3) is 11.5 Å². The molecule has 1 aliphatic heterocycles. The predicted molar refractivity (Wildman–Crippen MR) is 107 cm³/mol. The Labute approximate surface area is 160 Å². The maximum Gasteiger partial charge on any atom is 0.226 e. The van der Waals surface area contributed by atoms with Crippen molar-refractivity contribution < 1.29 is 9.15 Å². The van der Waals surface area contributed by atoms with E-state index in [0.29, 0.717) is 5.89 Å². The lowest BCUT2D eigenvalue weighted by molar-refractivity contribution is 0.175. The fourth-order valence-corrected chi connectivity index (χ4v) is 3.77. The molecule has 140 valence electrons. The third-order valence-corrected chi connectivity index (χ3v) is 5.35. The monoisotopic (exact) mass is 362 g/mol. The predicted octanol–water partition coefficient (Wildman–Crippen LogP) is 4.80. The van der Waals surface area contributed by atoms with Gasteiger partial charge in [0.15, 0.2) is 0 Å². The molecule has 0 aliphatic carbocycles. The normalized spacial score (nSPS) is 15.7. The van der Waals surface area contributed by atoms with Crippen molar-refractivity contribution in [3.05, 3.63) is 72.1 Å². The average molecular weight is 362 g/mol. The van der Waals surface area contributed by atoms with Crippen molar-refractivity contribution in [1.82, 2.24) is 9.88 Å². The molecular weight excluding hydrogens is 336 g/mol. The third-order valence-electron chi connectivity index (χ3n) is 5.35. The lowest BCUT2D eigenvalue weighted by atomic mass is 9.90. The first-order valence-electron chi connectivity index (χ1n) is 9.65. The molecule has 0 N–H and O–H groups in total. The Balaban J connectivity index is 1.30. The lowest BCUT2D eigenvalue weighted by Crippen LogP contribution is -2.33. The molecule has 0 spiro atoms. The van der Waals surface area contributed by atoms with Crippen molar-refractivity contribution in [3.8, 4) is 17.2 Å². The van der Waals surface area contributed by atoms with Gasteiger partial charge in [-0.05, 0) is 68.1 Å². The van der Waals surface area contributed by atoms with Gasteiger partial charge >= 0.3 is 0 Å². The van der Waals surface area contributed by atoms with Crippen LogP contribution >= 0.6 is 0 Å². The first kappa shape index (κ1) is 17.8. The number of piperidine rings is 1. The molecule has 0 saturated carbocycles. The van der Waals surface area contributed by atoms with Gasteiger partial charge in [-0.2, -0.15) is 0 Å². The summed E-state index contributed by atoms with van der Waals surface area (Å²) in [7, 11) is 1.67. The second-order valence-corrected chi connectivity index (χ2v) is 7.28. The second-order valence-electron chi connectivity index (χ2n) is 7.28. The molecule has 3 aromatic rings. The molecule has 0 amide bonds. The van der Waals surface area contributed by atoms with E-state index in [1.54, 1.807) is 13.4 Å². The van der Waals surface area contributed by atoms with Crippen LogP contribution < -0.4 is 4.74 Å². The summed E-state index contributed by atoms with van der Waals surface area (Å²) in [5, 5.41) is 0. The molecule has 1 aliphatic rings. The van der Waals surface area contributed by atoms with Gasteiger partial charge < -0.3 is 9.15 Å². The number of methoxy groups -OCH3 is 1. The zero-order chi connectivity index (χ0) is 18.5. The van der Waals surface area contributed by atoms with Crippen LogP contribution in [-0.2, 0) is 13.0 Å². The topological polar surface area (TPSA) is 38.5 Å². The Morgan fingerprint density at radius 3 is 2.48 bits per heavy atom. The van der Waals surface area contributed by atoms with Gasteiger partial charge in [0, 0.05) is 12.1 Å². The quantitative estimate of drug-likeness (QED) is 0.631. The van der Waals surface area contributed by atoms with E-state index in [2.05, 4.69) is 40.2 Å². The number of nitrogens with zero attached hydrogens (tertiary/aromatic N) is 2. The highest BCUT2D eigenvalue weighted by molar-refractivity contribution is 5.54. The van der Waals surface area contributed by atoms with Gasteiger partial charge in [-0.25, -0.2) is 4.98 Å². The fourth-order valence-electron chi connectivity index (χ4n) is 3.77. The number of aromatic nitrogens is 1. The van der Waals surface area contributed by atoms with E-state index >= 15 is 0 Å².